The van der Waals surface area contributed by atoms with Gasteiger partial charge in [0, 0.05) is 29.9 Å². The number of aromatic nitrogens is 1. The number of aliphatic imine (C=N–C) groups is 1. The zero-order valence-corrected chi connectivity index (χ0v) is 14.6. The molecule has 0 amide bonds. The molecule has 1 aromatic heterocycles. The SMILES string of the molecule is Cc1cccc(N=Cc2ccc3c(ccn3Cc3cccc(F)c3)c2)c1. The number of hydrogen-bond acceptors (Lipinski definition) is 1. The summed E-state index contributed by atoms with van der Waals surface area (Å²) in [5, 5.41) is 1.15. The van der Waals surface area contributed by atoms with Gasteiger partial charge in [0.25, 0.3) is 0 Å². The monoisotopic (exact) mass is 342 g/mol. The molecule has 4 aromatic rings. The molecular formula is C23H19FN2. The van der Waals surface area contributed by atoms with Gasteiger partial charge in [-0.1, -0.05) is 30.3 Å². The van der Waals surface area contributed by atoms with E-state index >= 15 is 0 Å². The van der Waals surface area contributed by atoms with Crippen molar-refractivity contribution < 1.29 is 4.39 Å². The largest absolute Gasteiger partial charge is 0.343 e. The smallest absolute Gasteiger partial charge is 0.123 e. The molecule has 0 aliphatic carbocycles. The summed E-state index contributed by atoms with van der Waals surface area (Å²) in [6.07, 6.45) is 3.93. The number of nitrogens with zero attached hydrogens (tertiary/aromatic N) is 2. The fourth-order valence-corrected chi connectivity index (χ4v) is 3.13. The average Bonchev–Trinajstić information content (AvgIpc) is 3.02. The van der Waals surface area contributed by atoms with Crippen LogP contribution in [0.25, 0.3) is 10.9 Å². The van der Waals surface area contributed by atoms with Crippen molar-refractivity contribution in [3.8, 4) is 0 Å². The maximum absolute atomic E-state index is 13.4. The third-order valence-electron chi connectivity index (χ3n) is 4.40. The molecule has 3 aromatic carbocycles. The third kappa shape index (κ3) is 3.57. The van der Waals surface area contributed by atoms with E-state index in [0.29, 0.717) is 6.54 Å². The number of benzene rings is 3. The van der Waals surface area contributed by atoms with Crippen LogP contribution >= 0.6 is 0 Å². The highest BCUT2D eigenvalue weighted by Crippen LogP contribution is 2.20. The fraction of sp³-hybridized carbons (Fsp3) is 0.0870. The minimum absolute atomic E-state index is 0.200. The molecule has 3 heteroatoms. The van der Waals surface area contributed by atoms with Gasteiger partial charge in [-0.05, 0) is 66.1 Å². The summed E-state index contributed by atoms with van der Waals surface area (Å²) in [5.74, 6) is -0.200. The van der Waals surface area contributed by atoms with E-state index in [1.54, 1.807) is 12.1 Å². The van der Waals surface area contributed by atoms with Crippen LogP contribution in [0.15, 0.2) is 84.0 Å². The van der Waals surface area contributed by atoms with E-state index in [1.807, 2.05) is 30.6 Å². The van der Waals surface area contributed by atoms with E-state index in [1.165, 1.54) is 11.6 Å². The third-order valence-corrected chi connectivity index (χ3v) is 4.40. The minimum atomic E-state index is -0.200. The number of halogens is 1. The van der Waals surface area contributed by atoms with E-state index in [-0.39, 0.29) is 5.82 Å². The zero-order valence-electron chi connectivity index (χ0n) is 14.6. The zero-order chi connectivity index (χ0) is 17.9. The maximum atomic E-state index is 13.4. The van der Waals surface area contributed by atoms with E-state index in [2.05, 4.69) is 52.9 Å². The van der Waals surface area contributed by atoms with Gasteiger partial charge >= 0.3 is 0 Å². The van der Waals surface area contributed by atoms with Crippen molar-refractivity contribution in [1.82, 2.24) is 4.57 Å². The molecule has 1 heterocycles. The van der Waals surface area contributed by atoms with Crippen molar-refractivity contribution >= 4 is 22.8 Å². The Morgan fingerprint density at radius 2 is 1.85 bits per heavy atom. The van der Waals surface area contributed by atoms with Crippen LogP contribution in [0, 0.1) is 12.7 Å². The summed E-state index contributed by atoms with van der Waals surface area (Å²) in [6.45, 7) is 2.71. The van der Waals surface area contributed by atoms with Gasteiger partial charge in [0.2, 0.25) is 0 Å². The Labute approximate surface area is 152 Å². The van der Waals surface area contributed by atoms with Crippen LogP contribution in [-0.4, -0.2) is 10.8 Å². The van der Waals surface area contributed by atoms with Crippen molar-refractivity contribution in [3.05, 3.63) is 102 Å². The Balaban J connectivity index is 1.59. The Morgan fingerprint density at radius 1 is 0.962 bits per heavy atom. The molecule has 0 aliphatic heterocycles. The van der Waals surface area contributed by atoms with E-state index in [0.717, 1.165) is 27.7 Å². The molecule has 4 rings (SSSR count). The highest BCUT2D eigenvalue weighted by Gasteiger charge is 2.03. The predicted octanol–water partition coefficient (Wildman–Crippen LogP) is 5.89. The Kier molecular flexibility index (Phi) is 4.36. The van der Waals surface area contributed by atoms with Gasteiger partial charge in [0.05, 0.1) is 5.69 Å². The summed E-state index contributed by atoms with van der Waals surface area (Å²) in [6, 6.07) is 23.2. The summed E-state index contributed by atoms with van der Waals surface area (Å²) in [7, 11) is 0. The summed E-state index contributed by atoms with van der Waals surface area (Å²) >= 11 is 0. The molecule has 0 radical (unpaired) electrons. The second-order valence-corrected chi connectivity index (χ2v) is 6.49. The summed E-state index contributed by atoms with van der Waals surface area (Å²) in [5.41, 5.74) is 5.29. The van der Waals surface area contributed by atoms with Crippen molar-refractivity contribution in [2.45, 2.75) is 13.5 Å². The first-order valence-corrected chi connectivity index (χ1v) is 8.61. The standard InChI is InChI=1S/C23H19FN2/c1-17-4-2-7-22(12-17)25-15-18-8-9-23-20(13-18)10-11-26(23)16-19-5-3-6-21(24)14-19/h2-15H,16H2,1H3. The Bertz CT molecular complexity index is 1090. The van der Waals surface area contributed by atoms with Gasteiger partial charge in [-0.2, -0.15) is 0 Å². The van der Waals surface area contributed by atoms with Gasteiger partial charge in [-0.25, -0.2) is 4.39 Å². The summed E-state index contributed by atoms with van der Waals surface area (Å²) < 4.78 is 15.5. The average molecular weight is 342 g/mol. The number of fused-ring (bicyclic) bond motifs is 1. The lowest BCUT2D eigenvalue weighted by atomic mass is 10.1. The molecular weight excluding hydrogens is 323 g/mol. The molecule has 0 saturated heterocycles. The lowest BCUT2D eigenvalue weighted by Crippen LogP contribution is -1.98. The number of aryl methyl sites for hydroxylation is 1. The normalized spacial score (nSPS) is 11.5. The van der Waals surface area contributed by atoms with Gasteiger partial charge in [-0.15, -0.1) is 0 Å². The molecule has 2 nitrogen and oxygen atoms in total. The molecule has 0 unspecified atom stereocenters. The molecule has 0 bridgehead atoms. The topological polar surface area (TPSA) is 17.3 Å². The first-order chi connectivity index (χ1) is 12.7. The lowest BCUT2D eigenvalue weighted by Gasteiger charge is -2.06. The predicted molar refractivity (Wildman–Crippen MR) is 106 cm³/mol. The van der Waals surface area contributed by atoms with Gasteiger partial charge in [-0.3, -0.25) is 4.99 Å². The first kappa shape index (κ1) is 16.3. The van der Waals surface area contributed by atoms with Gasteiger partial charge in [0.1, 0.15) is 5.82 Å². The van der Waals surface area contributed by atoms with Crippen molar-refractivity contribution in [2.24, 2.45) is 4.99 Å². The van der Waals surface area contributed by atoms with Crippen LogP contribution in [0.1, 0.15) is 16.7 Å². The lowest BCUT2D eigenvalue weighted by molar-refractivity contribution is 0.624. The molecule has 0 atom stereocenters. The maximum Gasteiger partial charge on any atom is 0.123 e. The van der Waals surface area contributed by atoms with Crippen LogP contribution in [0.2, 0.25) is 0 Å². The van der Waals surface area contributed by atoms with E-state index in [9.17, 15) is 4.39 Å². The van der Waals surface area contributed by atoms with Crippen LogP contribution in [0.5, 0.6) is 0 Å². The fourth-order valence-electron chi connectivity index (χ4n) is 3.13. The molecule has 0 N–H and O–H groups in total. The Hall–Kier alpha value is -3.20. The van der Waals surface area contributed by atoms with Crippen molar-refractivity contribution in [1.29, 1.82) is 0 Å². The molecule has 128 valence electrons. The highest BCUT2D eigenvalue weighted by atomic mass is 19.1. The summed E-state index contributed by atoms with van der Waals surface area (Å²) in [4.78, 5) is 4.55. The molecule has 0 aliphatic rings. The van der Waals surface area contributed by atoms with Crippen molar-refractivity contribution in [2.75, 3.05) is 0 Å². The van der Waals surface area contributed by atoms with E-state index in [4.69, 9.17) is 0 Å². The molecule has 26 heavy (non-hydrogen) atoms. The number of rotatable bonds is 4. The van der Waals surface area contributed by atoms with Crippen LogP contribution in [-0.2, 0) is 6.54 Å². The van der Waals surface area contributed by atoms with Crippen molar-refractivity contribution in [3.63, 3.8) is 0 Å². The van der Waals surface area contributed by atoms with Crippen LogP contribution in [0.3, 0.4) is 0 Å². The van der Waals surface area contributed by atoms with Gasteiger partial charge < -0.3 is 4.57 Å². The minimum Gasteiger partial charge on any atom is -0.343 e. The van der Waals surface area contributed by atoms with Crippen LogP contribution < -0.4 is 0 Å². The van der Waals surface area contributed by atoms with Crippen LogP contribution in [0.4, 0.5) is 10.1 Å². The molecule has 0 spiro atoms. The van der Waals surface area contributed by atoms with Gasteiger partial charge in [0.15, 0.2) is 0 Å². The highest BCUT2D eigenvalue weighted by molar-refractivity contribution is 5.90. The first-order valence-electron chi connectivity index (χ1n) is 8.61. The Morgan fingerprint density at radius 3 is 2.69 bits per heavy atom. The van der Waals surface area contributed by atoms with E-state index < -0.39 is 0 Å². The quantitative estimate of drug-likeness (QED) is 0.412. The second-order valence-electron chi connectivity index (χ2n) is 6.49. The second kappa shape index (κ2) is 6.96. The molecule has 0 fully saturated rings. The molecule has 0 saturated carbocycles. The number of hydrogen-bond donors (Lipinski definition) is 0.